The molecule has 66 valence electrons. The lowest BCUT2D eigenvalue weighted by Gasteiger charge is -1.98. The van der Waals surface area contributed by atoms with Gasteiger partial charge in [-0.05, 0) is 0 Å². The second-order valence-electron chi connectivity index (χ2n) is 2.76. The summed E-state index contributed by atoms with van der Waals surface area (Å²) in [6, 6.07) is -0.520. The molecule has 6 nitrogen and oxygen atoms in total. The van der Waals surface area contributed by atoms with Crippen molar-refractivity contribution in [3.05, 3.63) is 22.5 Å². The van der Waals surface area contributed by atoms with E-state index in [0.717, 1.165) is 0 Å². The maximum atomic E-state index is 11.0. The second kappa shape index (κ2) is 2.38. The normalized spacial score (nSPS) is 15.9. The van der Waals surface area contributed by atoms with Crippen LogP contribution in [0.4, 0.5) is 10.6 Å². The van der Waals surface area contributed by atoms with Crippen LogP contribution in [0.2, 0.25) is 0 Å². The van der Waals surface area contributed by atoms with Crippen molar-refractivity contribution in [2.45, 2.75) is 0 Å². The van der Waals surface area contributed by atoms with Gasteiger partial charge < -0.3 is 0 Å². The van der Waals surface area contributed by atoms with Gasteiger partial charge in [-0.1, -0.05) is 0 Å². The number of rotatable bonds is 0. The Kier molecular flexibility index (Phi) is 1.22. The molecule has 0 saturated carbocycles. The lowest BCUT2D eigenvalue weighted by Crippen LogP contribution is -2.32. The minimum absolute atomic E-state index is 0.496. The van der Waals surface area contributed by atoms with Gasteiger partial charge in [0, 0.05) is 18.0 Å². The summed E-state index contributed by atoms with van der Waals surface area (Å²) in [5, 5.41) is 1.05. The standard InChI is InChI=1S/C8H3N5O/c14-8-10-2-4-1-9-7-6(5(4)13-8)11-3-12-7/h1-3H. The largest absolute Gasteiger partial charge is 0.367 e. The summed E-state index contributed by atoms with van der Waals surface area (Å²) in [5.74, 6) is 0.496. The Labute approximate surface area is 77.5 Å². The minimum atomic E-state index is -0.520. The third kappa shape index (κ3) is 0.846. The molecule has 0 aliphatic carbocycles. The smallest absolute Gasteiger partial charge is 0.244 e. The van der Waals surface area contributed by atoms with Crippen LogP contribution in [0.1, 0.15) is 5.56 Å². The van der Waals surface area contributed by atoms with E-state index < -0.39 is 6.03 Å². The second-order valence-corrected chi connectivity index (χ2v) is 2.76. The average Bonchev–Trinajstić information content (AvgIpc) is 2.65. The number of urea groups is 1. The molecule has 3 rings (SSSR count). The monoisotopic (exact) mass is 185 g/mol. The number of aliphatic imine (C=N–C) groups is 2. The highest BCUT2D eigenvalue weighted by Gasteiger charge is 2.11. The number of pyridine rings is 1. The van der Waals surface area contributed by atoms with E-state index in [0.29, 0.717) is 22.1 Å². The molecule has 0 atom stereocenters. The Balaban J connectivity index is 2.51. The lowest BCUT2D eigenvalue weighted by atomic mass is 10.2. The van der Waals surface area contributed by atoms with Gasteiger partial charge >= 0.3 is 6.03 Å². The van der Waals surface area contributed by atoms with E-state index in [2.05, 4.69) is 25.0 Å². The molecule has 1 aromatic rings. The first kappa shape index (κ1) is 7.19. The fraction of sp³-hybridized carbons (Fsp3) is 0. The van der Waals surface area contributed by atoms with Crippen molar-refractivity contribution < 1.29 is 4.79 Å². The van der Waals surface area contributed by atoms with Crippen molar-refractivity contribution >= 4 is 24.4 Å². The lowest BCUT2D eigenvalue weighted by molar-refractivity contribution is 0.256. The van der Waals surface area contributed by atoms with E-state index in [1.807, 2.05) is 0 Å². The summed E-state index contributed by atoms with van der Waals surface area (Å²) >= 11 is 0. The van der Waals surface area contributed by atoms with Crippen molar-refractivity contribution in [1.82, 2.24) is 4.98 Å². The SMILES string of the molecule is O=C1N=Cc2cnc3c(c2=N1)=NC=N3. The molecule has 2 amide bonds. The number of carbonyl (C=O) groups excluding carboxylic acids is 1. The van der Waals surface area contributed by atoms with Crippen LogP contribution in [0, 0.1) is 0 Å². The number of nitrogens with zero attached hydrogens (tertiary/aromatic N) is 5. The van der Waals surface area contributed by atoms with Crippen molar-refractivity contribution in [3.8, 4) is 0 Å². The predicted molar refractivity (Wildman–Crippen MR) is 47.7 cm³/mol. The van der Waals surface area contributed by atoms with Crippen LogP contribution in [-0.4, -0.2) is 23.6 Å². The Morgan fingerprint density at radius 3 is 3.00 bits per heavy atom. The molecule has 0 aromatic carbocycles. The van der Waals surface area contributed by atoms with Gasteiger partial charge in [-0.3, -0.25) is 0 Å². The van der Waals surface area contributed by atoms with E-state index >= 15 is 0 Å². The first-order valence-electron chi connectivity index (χ1n) is 3.91. The molecule has 2 aliphatic rings. The first-order valence-corrected chi connectivity index (χ1v) is 3.91. The molecule has 0 fully saturated rings. The quantitative estimate of drug-likeness (QED) is 0.548. The highest BCUT2D eigenvalue weighted by molar-refractivity contribution is 5.94. The fourth-order valence-corrected chi connectivity index (χ4v) is 1.31. The number of aromatic nitrogens is 1. The molecule has 0 spiro atoms. The highest BCUT2D eigenvalue weighted by atomic mass is 16.2. The molecule has 6 heteroatoms. The van der Waals surface area contributed by atoms with Crippen LogP contribution in [-0.2, 0) is 0 Å². The van der Waals surface area contributed by atoms with E-state index in [9.17, 15) is 4.79 Å². The summed E-state index contributed by atoms with van der Waals surface area (Å²) in [4.78, 5) is 30.2. The highest BCUT2D eigenvalue weighted by Crippen LogP contribution is 2.01. The van der Waals surface area contributed by atoms with Crippen molar-refractivity contribution in [3.63, 3.8) is 0 Å². The Hall–Kier alpha value is -2.24. The molecule has 0 bridgehead atoms. The van der Waals surface area contributed by atoms with E-state index in [1.54, 1.807) is 6.20 Å². The Morgan fingerprint density at radius 2 is 2.07 bits per heavy atom. The zero-order valence-electron chi connectivity index (χ0n) is 6.88. The van der Waals surface area contributed by atoms with Crippen LogP contribution in [0.3, 0.4) is 0 Å². The van der Waals surface area contributed by atoms with Crippen molar-refractivity contribution in [1.29, 1.82) is 0 Å². The van der Waals surface area contributed by atoms with Gasteiger partial charge in [-0.15, -0.1) is 0 Å². The van der Waals surface area contributed by atoms with Crippen LogP contribution in [0.25, 0.3) is 0 Å². The Morgan fingerprint density at radius 1 is 1.14 bits per heavy atom. The third-order valence-electron chi connectivity index (χ3n) is 1.92. The molecule has 0 radical (unpaired) electrons. The van der Waals surface area contributed by atoms with E-state index in [1.165, 1.54) is 12.6 Å². The van der Waals surface area contributed by atoms with Crippen molar-refractivity contribution in [2.24, 2.45) is 20.0 Å². The van der Waals surface area contributed by atoms with E-state index in [-0.39, 0.29) is 0 Å². The molecular weight excluding hydrogens is 182 g/mol. The number of amides is 2. The number of hydrogen-bond acceptors (Lipinski definition) is 4. The summed E-state index contributed by atoms with van der Waals surface area (Å²) in [5.41, 5.74) is 0.692. The van der Waals surface area contributed by atoms with Gasteiger partial charge in [-0.2, -0.15) is 9.98 Å². The molecule has 14 heavy (non-hydrogen) atoms. The first-order chi connectivity index (χ1) is 6.84. The minimum Gasteiger partial charge on any atom is -0.244 e. The topological polar surface area (TPSA) is 79.4 Å². The summed E-state index contributed by atoms with van der Waals surface area (Å²) in [6.07, 6.45) is 4.40. The van der Waals surface area contributed by atoms with Gasteiger partial charge in [0.05, 0.1) is 0 Å². The molecular formula is C8H3N5O. The van der Waals surface area contributed by atoms with Crippen LogP contribution < -0.4 is 10.7 Å². The van der Waals surface area contributed by atoms with Gasteiger partial charge in [0.25, 0.3) is 0 Å². The zero-order chi connectivity index (χ0) is 9.54. The summed E-state index contributed by atoms with van der Waals surface area (Å²) < 4.78 is 0. The molecule has 0 N–H and O–H groups in total. The zero-order valence-corrected chi connectivity index (χ0v) is 6.88. The van der Waals surface area contributed by atoms with Gasteiger partial charge in [0.15, 0.2) is 5.82 Å². The molecule has 1 aromatic heterocycles. The molecule has 2 aliphatic heterocycles. The molecule has 3 heterocycles. The van der Waals surface area contributed by atoms with Gasteiger partial charge in [0.1, 0.15) is 17.1 Å². The van der Waals surface area contributed by atoms with Crippen LogP contribution in [0.15, 0.2) is 26.2 Å². The van der Waals surface area contributed by atoms with Gasteiger partial charge in [0.2, 0.25) is 0 Å². The number of carbonyl (C=O) groups is 1. The maximum absolute atomic E-state index is 11.0. The molecule has 0 saturated heterocycles. The molecule has 0 unspecified atom stereocenters. The average molecular weight is 185 g/mol. The Bertz CT molecular complexity index is 613. The third-order valence-corrected chi connectivity index (χ3v) is 1.92. The number of hydrogen-bond donors (Lipinski definition) is 0. The van der Waals surface area contributed by atoms with Crippen LogP contribution >= 0.6 is 0 Å². The van der Waals surface area contributed by atoms with Crippen LogP contribution in [0.5, 0.6) is 0 Å². The summed E-state index contributed by atoms with van der Waals surface area (Å²) in [7, 11) is 0. The predicted octanol–water partition coefficient (Wildman–Crippen LogP) is -0.453. The van der Waals surface area contributed by atoms with E-state index in [4.69, 9.17) is 0 Å². The maximum Gasteiger partial charge on any atom is 0.367 e. The number of fused-ring (bicyclic) bond motifs is 3. The van der Waals surface area contributed by atoms with Gasteiger partial charge in [-0.25, -0.2) is 19.8 Å². The fourth-order valence-electron chi connectivity index (χ4n) is 1.31. The summed E-state index contributed by atoms with van der Waals surface area (Å²) in [6.45, 7) is 0. The van der Waals surface area contributed by atoms with Crippen molar-refractivity contribution in [2.75, 3.05) is 0 Å².